The van der Waals surface area contributed by atoms with E-state index in [1.54, 1.807) is 6.07 Å². The van der Waals surface area contributed by atoms with Crippen LogP contribution < -0.4 is 15.2 Å². The fourth-order valence-electron chi connectivity index (χ4n) is 2.02. The van der Waals surface area contributed by atoms with Crippen molar-refractivity contribution < 1.29 is 14.3 Å². The standard InChI is InChI=1S/C13H16ClNO3/c14-11-7-9(3-1-2-4-15)12-13(10(11)8-16)18-6-5-17-12/h7-8H,1-6,15H2. The maximum Gasteiger partial charge on any atom is 0.173 e. The minimum atomic E-state index is 0.369. The lowest BCUT2D eigenvalue weighted by Crippen LogP contribution is -2.18. The van der Waals surface area contributed by atoms with Crippen LogP contribution >= 0.6 is 11.6 Å². The Kier molecular flexibility index (Phi) is 4.44. The quantitative estimate of drug-likeness (QED) is 0.658. The molecule has 0 aromatic heterocycles. The van der Waals surface area contributed by atoms with Gasteiger partial charge < -0.3 is 15.2 Å². The summed E-state index contributed by atoms with van der Waals surface area (Å²) in [6.07, 6.45) is 3.44. The first kappa shape index (κ1) is 13.2. The number of benzene rings is 1. The Bertz CT molecular complexity index is 448. The zero-order valence-corrected chi connectivity index (χ0v) is 10.8. The van der Waals surface area contributed by atoms with Gasteiger partial charge in [-0.25, -0.2) is 0 Å². The summed E-state index contributed by atoms with van der Waals surface area (Å²) in [6, 6.07) is 1.79. The molecule has 0 radical (unpaired) electrons. The summed E-state index contributed by atoms with van der Waals surface area (Å²) in [6.45, 7) is 1.60. The number of ether oxygens (including phenoxy) is 2. The molecule has 5 heteroatoms. The molecule has 0 amide bonds. The Labute approximate surface area is 111 Å². The van der Waals surface area contributed by atoms with Crippen LogP contribution in [-0.4, -0.2) is 26.0 Å². The monoisotopic (exact) mass is 269 g/mol. The molecule has 98 valence electrons. The van der Waals surface area contributed by atoms with Gasteiger partial charge in [-0.15, -0.1) is 0 Å². The average Bonchev–Trinajstić information content (AvgIpc) is 2.39. The van der Waals surface area contributed by atoms with Crippen LogP contribution in [0.25, 0.3) is 0 Å². The van der Waals surface area contributed by atoms with E-state index in [-0.39, 0.29) is 0 Å². The molecule has 2 rings (SSSR count). The second-order valence-corrected chi connectivity index (χ2v) is 4.56. The van der Waals surface area contributed by atoms with Crippen LogP contribution in [0.5, 0.6) is 11.5 Å². The highest BCUT2D eigenvalue weighted by Gasteiger charge is 2.22. The minimum absolute atomic E-state index is 0.369. The Balaban J connectivity index is 2.34. The summed E-state index contributed by atoms with van der Waals surface area (Å²) in [5.41, 5.74) is 6.83. The molecule has 0 saturated carbocycles. The topological polar surface area (TPSA) is 61.6 Å². The number of halogens is 1. The predicted octanol–water partition coefficient (Wildman–Crippen LogP) is 2.21. The van der Waals surface area contributed by atoms with Gasteiger partial charge in [0.1, 0.15) is 13.2 Å². The highest BCUT2D eigenvalue weighted by Crippen LogP contribution is 2.41. The Morgan fingerprint density at radius 2 is 2.00 bits per heavy atom. The fraction of sp³-hybridized carbons (Fsp3) is 0.462. The van der Waals surface area contributed by atoms with Gasteiger partial charge in [0.15, 0.2) is 17.8 Å². The summed E-state index contributed by atoms with van der Waals surface area (Å²) in [4.78, 5) is 11.0. The second-order valence-electron chi connectivity index (χ2n) is 4.15. The van der Waals surface area contributed by atoms with Gasteiger partial charge in [-0.2, -0.15) is 0 Å². The molecule has 0 unspecified atom stereocenters. The third kappa shape index (κ3) is 2.60. The van der Waals surface area contributed by atoms with Crippen LogP contribution in [0, 0.1) is 0 Å². The molecule has 0 fully saturated rings. The Morgan fingerprint density at radius 3 is 2.67 bits per heavy atom. The number of hydrogen-bond donors (Lipinski definition) is 1. The number of hydrogen-bond acceptors (Lipinski definition) is 4. The second kappa shape index (κ2) is 6.07. The van der Waals surface area contributed by atoms with Gasteiger partial charge in [0, 0.05) is 0 Å². The normalized spacial score (nSPS) is 13.4. The molecule has 1 aromatic carbocycles. The first-order chi connectivity index (χ1) is 8.77. The van der Waals surface area contributed by atoms with E-state index in [1.807, 2.05) is 0 Å². The smallest absolute Gasteiger partial charge is 0.173 e. The van der Waals surface area contributed by atoms with Gasteiger partial charge in [-0.1, -0.05) is 11.6 Å². The van der Waals surface area contributed by atoms with Gasteiger partial charge in [-0.3, -0.25) is 4.79 Å². The first-order valence-corrected chi connectivity index (χ1v) is 6.42. The van der Waals surface area contributed by atoms with Crippen molar-refractivity contribution in [3.05, 3.63) is 22.2 Å². The minimum Gasteiger partial charge on any atom is -0.486 e. The van der Waals surface area contributed by atoms with E-state index < -0.39 is 0 Å². The van der Waals surface area contributed by atoms with Crippen LogP contribution in [0.1, 0.15) is 28.8 Å². The summed E-state index contributed by atoms with van der Waals surface area (Å²) in [7, 11) is 0. The van der Waals surface area contributed by atoms with Crippen molar-refractivity contribution in [2.75, 3.05) is 19.8 Å². The lowest BCUT2D eigenvalue weighted by Gasteiger charge is -2.23. The van der Waals surface area contributed by atoms with Crippen molar-refractivity contribution in [1.29, 1.82) is 0 Å². The maximum absolute atomic E-state index is 11.0. The molecule has 18 heavy (non-hydrogen) atoms. The molecule has 0 aliphatic carbocycles. The lowest BCUT2D eigenvalue weighted by atomic mass is 10.0. The van der Waals surface area contributed by atoms with E-state index >= 15 is 0 Å². The van der Waals surface area contributed by atoms with Gasteiger partial charge in [0.05, 0.1) is 10.6 Å². The summed E-state index contributed by atoms with van der Waals surface area (Å²) < 4.78 is 11.1. The summed E-state index contributed by atoms with van der Waals surface area (Å²) >= 11 is 6.09. The third-order valence-electron chi connectivity index (χ3n) is 2.89. The maximum atomic E-state index is 11.0. The van der Waals surface area contributed by atoms with Gasteiger partial charge in [0.25, 0.3) is 0 Å². The molecule has 1 heterocycles. The molecule has 1 aliphatic rings. The predicted molar refractivity (Wildman–Crippen MR) is 69.8 cm³/mol. The van der Waals surface area contributed by atoms with Crippen molar-refractivity contribution in [1.82, 2.24) is 0 Å². The number of nitrogens with two attached hydrogens (primary N) is 1. The number of unbranched alkanes of at least 4 members (excludes halogenated alkanes) is 1. The molecule has 1 aliphatic heterocycles. The van der Waals surface area contributed by atoms with E-state index in [1.165, 1.54) is 0 Å². The highest BCUT2D eigenvalue weighted by molar-refractivity contribution is 6.33. The molecular weight excluding hydrogens is 254 g/mol. The summed E-state index contributed by atoms with van der Waals surface area (Å²) in [5.74, 6) is 1.14. The van der Waals surface area contributed by atoms with Crippen molar-refractivity contribution in [2.24, 2.45) is 5.73 Å². The van der Waals surface area contributed by atoms with E-state index in [0.717, 1.165) is 24.8 Å². The molecule has 1 aromatic rings. The van der Waals surface area contributed by atoms with Crippen LogP contribution in [0.3, 0.4) is 0 Å². The molecule has 0 saturated heterocycles. The lowest BCUT2D eigenvalue weighted by molar-refractivity contribution is 0.111. The van der Waals surface area contributed by atoms with Gasteiger partial charge >= 0.3 is 0 Å². The van der Waals surface area contributed by atoms with Crippen molar-refractivity contribution in [2.45, 2.75) is 19.3 Å². The van der Waals surface area contributed by atoms with Crippen molar-refractivity contribution in [3.63, 3.8) is 0 Å². The number of carbonyl (C=O) groups excluding carboxylic acids is 1. The van der Waals surface area contributed by atoms with Crippen LogP contribution in [0.2, 0.25) is 5.02 Å². The number of carbonyl (C=O) groups is 1. The number of rotatable bonds is 5. The van der Waals surface area contributed by atoms with Crippen LogP contribution in [0.15, 0.2) is 6.07 Å². The molecule has 2 N–H and O–H groups in total. The van der Waals surface area contributed by atoms with E-state index in [2.05, 4.69) is 0 Å². The Morgan fingerprint density at radius 1 is 1.28 bits per heavy atom. The zero-order chi connectivity index (χ0) is 13.0. The first-order valence-electron chi connectivity index (χ1n) is 6.04. The molecular formula is C13H16ClNO3. The Hall–Kier alpha value is -1.26. The third-order valence-corrected chi connectivity index (χ3v) is 3.21. The average molecular weight is 270 g/mol. The van der Waals surface area contributed by atoms with Crippen LogP contribution in [0.4, 0.5) is 0 Å². The van der Waals surface area contributed by atoms with E-state index in [9.17, 15) is 4.79 Å². The zero-order valence-electron chi connectivity index (χ0n) is 10.1. The molecule has 0 spiro atoms. The highest BCUT2D eigenvalue weighted by atomic mass is 35.5. The van der Waals surface area contributed by atoms with Crippen molar-refractivity contribution >= 4 is 17.9 Å². The number of aldehydes is 1. The largest absolute Gasteiger partial charge is 0.486 e. The number of fused-ring (bicyclic) bond motifs is 1. The van der Waals surface area contributed by atoms with Gasteiger partial charge in [0.2, 0.25) is 0 Å². The van der Waals surface area contributed by atoms with E-state index in [4.69, 9.17) is 26.8 Å². The SMILES string of the molecule is NCCCCc1cc(Cl)c(C=O)c2c1OCCO2. The molecule has 0 bridgehead atoms. The van der Waals surface area contributed by atoms with E-state index in [0.29, 0.717) is 48.1 Å². The van der Waals surface area contributed by atoms with Gasteiger partial charge in [-0.05, 0) is 37.4 Å². The molecule has 0 atom stereocenters. The van der Waals surface area contributed by atoms with Crippen LogP contribution in [-0.2, 0) is 6.42 Å². The molecule has 4 nitrogen and oxygen atoms in total. The number of aryl methyl sites for hydroxylation is 1. The summed E-state index contributed by atoms with van der Waals surface area (Å²) in [5, 5.41) is 0.414. The van der Waals surface area contributed by atoms with Crippen molar-refractivity contribution in [3.8, 4) is 11.5 Å². The fourth-order valence-corrected chi connectivity index (χ4v) is 2.28.